The predicted octanol–water partition coefficient (Wildman–Crippen LogP) is 4.91. The third-order valence-corrected chi connectivity index (χ3v) is 3.99. The summed E-state index contributed by atoms with van der Waals surface area (Å²) in [7, 11) is 0. The number of aromatic nitrogens is 1. The van der Waals surface area contributed by atoms with Gasteiger partial charge >= 0.3 is 0 Å². The predicted molar refractivity (Wildman–Crippen MR) is 103 cm³/mol. The van der Waals surface area contributed by atoms with Gasteiger partial charge in [-0.3, -0.25) is 4.79 Å². The van der Waals surface area contributed by atoms with E-state index >= 15 is 0 Å². The lowest BCUT2D eigenvalue weighted by molar-refractivity contribution is 0.102. The second kappa shape index (κ2) is 7.68. The van der Waals surface area contributed by atoms with E-state index in [0.717, 1.165) is 16.9 Å². The molecule has 2 aromatic carbocycles. The molecule has 0 radical (unpaired) electrons. The highest BCUT2D eigenvalue weighted by Crippen LogP contribution is 2.23. The van der Waals surface area contributed by atoms with Crippen LogP contribution in [0.4, 0.5) is 17.1 Å². The Labute approximate surface area is 156 Å². The molecule has 0 spiro atoms. The van der Waals surface area contributed by atoms with Crippen LogP contribution in [0, 0.1) is 18.3 Å². The Morgan fingerprint density at radius 1 is 1.12 bits per heavy atom. The molecule has 0 aliphatic heterocycles. The number of halogens is 1. The third-order valence-electron chi connectivity index (χ3n) is 3.76. The molecule has 5 nitrogen and oxygen atoms in total. The average Bonchev–Trinajstić information content (AvgIpc) is 2.65. The zero-order valence-electron chi connectivity index (χ0n) is 14.0. The van der Waals surface area contributed by atoms with E-state index in [0.29, 0.717) is 16.3 Å². The maximum atomic E-state index is 12.3. The largest absolute Gasteiger partial charge is 0.354 e. The Balaban J connectivity index is 1.73. The summed E-state index contributed by atoms with van der Waals surface area (Å²) < 4.78 is 0. The first kappa shape index (κ1) is 17.5. The molecular formula is C20H15ClN4O. The van der Waals surface area contributed by atoms with Crippen LogP contribution in [0.3, 0.4) is 0 Å². The molecule has 0 fully saturated rings. The van der Waals surface area contributed by atoms with Gasteiger partial charge in [0.1, 0.15) is 11.8 Å². The second-order valence-electron chi connectivity index (χ2n) is 5.63. The molecule has 26 heavy (non-hydrogen) atoms. The van der Waals surface area contributed by atoms with Gasteiger partial charge in [0.2, 0.25) is 0 Å². The number of pyridine rings is 1. The number of nitrogens with one attached hydrogen (secondary N) is 2. The molecule has 0 unspecified atom stereocenters. The molecule has 6 heteroatoms. The van der Waals surface area contributed by atoms with Gasteiger partial charge in [-0.05, 0) is 55.0 Å². The van der Waals surface area contributed by atoms with Crippen LogP contribution in [-0.4, -0.2) is 10.9 Å². The SMILES string of the molecule is Cc1cc(Cl)ccc1Nc1ccc(C(=O)Nc2ccccc2C#N)nc1. The fraction of sp³-hybridized carbons (Fsp3) is 0.0500. The summed E-state index contributed by atoms with van der Waals surface area (Å²) in [6.45, 7) is 1.95. The van der Waals surface area contributed by atoms with Crippen molar-refractivity contribution in [2.45, 2.75) is 6.92 Å². The van der Waals surface area contributed by atoms with E-state index in [-0.39, 0.29) is 11.6 Å². The number of benzene rings is 2. The minimum Gasteiger partial charge on any atom is -0.354 e. The van der Waals surface area contributed by atoms with Gasteiger partial charge in [-0.1, -0.05) is 23.7 Å². The Morgan fingerprint density at radius 2 is 1.92 bits per heavy atom. The number of carbonyl (C=O) groups excluding carboxylic acids is 1. The molecule has 0 saturated carbocycles. The number of aryl methyl sites for hydroxylation is 1. The number of hydrogen-bond donors (Lipinski definition) is 2. The Bertz CT molecular complexity index is 993. The first-order valence-corrected chi connectivity index (χ1v) is 8.24. The maximum Gasteiger partial charge on any atom is 0.274 e. The van der Waals surface area contributed by atoms with E-state index in [1.807, 2.05) is 25.1 Å². The standard InChI is InChI=1S/C20H15ClN4O/c1-13-10-15(21)6-8-17(13)24-16-7-9-19(23-12-16)20(26)25-18-5-3-2-4-14(18)11-22/h2-10,12,24H,1H3,(H,25,26). The normalized spacial score (nSPS) is 10.0. The Kier molecular flexibility index (Phi) is 5.16. The number of amides is 1. The van der Waals surface area contributed by atoms with Crippen molar-refractivity contribution in [1.29, 1.82) is 5.26 Å². The van der Waals surface area contributed by atoms with Gasteiger partial charge in [-0.15, -0.1) is 0 Å². The van der Waals surface area contributed by atoms with Crippen molar-refractivity contribution in [2.24, 2.45) is 0 Å². The topological polar surface area (TPSA) is 77.8 Å². The molecule has 1 heterocycles. The summed E-state index contributed by atoms with van der Waals surface area (Å²) in [6.07, 6.45) is 1.58. The second-order valence-corrected chi connectivity index (χ2v) is 6.06. The highest BCUT2D eigenvalue weighted by Gasteiger charge is 2.10. The van der Waals surface area contributed by atoms with Crippen molar-refractivity contribution in [3.05, 3.63) is 82.6 Å². The van der Waals surface area contributed by atoms with E-state index in [2.05, 4.69) is 15.6 Å². The minimum atomic E-state index is -0.373. The average molecular weight is 363 g/mol. The van der Waals surface area contributed by atoms with Crippen molar-refractivity contribution < 1.29 is 4.79 Å². The lowest BCUT2D eigenvalue weighted by Gasteiger charge is -2.10. The lowest BCUT2D eigenvalue weighted by atomic mass is 10.2. The zero-order valence-corrected chi connectivity index (χ0v) is 14.7. The number of rotatable bonds is 4. The van der Waals surface area contributed by atoms with E-state index in [1.54, 1.807) is 48.7 Å². The summed E-state index contributed by atoms with van der Waals surface area (Å²) in [5.74, 6) is -0.373. The van der Waals surface area contributed by atoms with Crippen LogP contribution in [0.2, 0.25) is 5.02 Å². The molecular weight excluding hydrogens is 348 g/mol. The monoisotopic (exact) mass is 362 g/mol. The molecule has 1 aromatic heterocycles. The molecule has 0 aliphatic carbocycles. The van der Waals surface area contributed by atoms with Gasteiger partial charge in [0, 0.05) is 10.7 Å². The van der Waals surface area contributed by atoms with Crippen molar-refractivity contribution in [1.82, 2.24) is 4.98 Å². The zero-order chi connectivity index (χ0) is 18.5. The van der Waals surface area contributed by atoms with E-state index < -0.39 is 0 Å². The van der Waals surface area contributed by atoms with Crippen LogP contribution in [0.25, 0.3) is 0 Å². The molecule has 128 valence electrons. The molecule has 2 N–H and O–H groups in total. The van der Waals surface area contributed by atoms with Crippen LogP contribution in [0.1, 0.15) is 21.6 Å². The van der Waals surface area contributed by atoms with Gasteiger partial charge < -0.3 is 10.6 Å². The molecule has 3 aromatic rings. The smallest absolute Gasteiger partial charge is 0.274 e. The van der Waals surface area contributed by atoms with Gasteiger partial charge in [0.15, 0.2) is 0 Å². The number of hydrogen-bond acceptors (Lipinski definition) is 4. The maximum absolute atomic E-state index is 12.3. The van der Waals surface area contributed by atoms with Gasteiger partial charge in [0.05, 0.1) is 23.1 Å². The minimum absolute atomic E-state index is 0.260. The number of para-hydroxylation sites is 1. The summed E-state index contributed by atoms with van der Waals surface area (Å²) >= 11 is 5.96. The Hall–Kier alpha value is -3.36. The van der Waals surface area contributed by atoms with E-state index in [4.69, 9.17) is 16.9 Å². The van der Waals surface area contributed by atoms with Gasteiger partial charge in [0.25, 0.3) is 5.91 Å². The molecule has 0 saturated heterocycles. The van der Waals surface area contributed by atoms with Gasteiger partial charge in [-0.25, -0.2) is 4.98 Å². The summed E-state index contributed by atoms with van der Waals surface area (Å²) in [5, 5.41) is 15.7. The molecule has 3 rings (SSSR count). The van der Waals surface area contributed by atoms with Gasteiger partial charge in [-0.2, -0.15) is 5.26 Å². The first-order chi connectivity index (χ1) is 12.6. The van der Waals surface area contributed by atoms with Crippen LogP contribution in [0.15, 0.2) is 60.8 Å². The van der Waals surface area contributed by atoms with Crippen molar-refractivity contribution in [3.63, 3.8) is 0 Å². The fourth-order valence-electron chi connectivity index (χ4n) is 2.40. The first-order valence-electron chi connectivity index (χ1n) is 7.86. The fourth-order valence-corrected chi connectivity index (χ4v) is 2.63. The van der Waals surface area contributed by atoms with Crippen molar-refractivity contribution in [3.8, 4) is 6.07 Å². The molecule has 0 atom stereocenters. The van der Waals surface area contributed by atoms with Crippen molar-refractivity contribution >= 4 is 34.6 Å². The lowest BCUT2D eigenvalue weighted by Crippen LogP contribution is -2.14. The molecule has 0 bridgehead atoms. The van der Waals surface area contributed by atoms with Crippen LogP contribution in [-0.2, 0) is 0 Å². The number of carbonyl (C=O) groups is 1. The molecule has 1 amide bonds. The summed E-state index contributed by atoms with van der Waals surface area (Å²) in [6, 6.07) is 17.8. The van der Waals surface area contributed by atoms with Crippen LogP contribution in [0.5, 0.6) is 0 Å². The van der Waals surface area contributed by atoms with Crippen molar-refractivity contribution in [2.75, 3.05) is 10.6 Å². The number of nitrogens with zero attached hydrogens (tertiary/aromatic N) is 2. The summed E-state index contributed by atoms with van der Waals surface area (Å²) in [4.78, 5) is 16.5. The highest BCUT2D eigenvalue weighted by molar-refractivity contribution is 6.30. The number of anilines is 3. The third kappa shape index (κ3) is 4.00. The van der Waals surface area contributed by atoms with E-state index in [1.165, 1.54) is 0 Å². The Morgan fingerprint density at radius 3 is 2.62 bits per heavy atom. The van der Waals surface area contributed by atoms with Crippen LogP contribution >= 0.6 is 11.6 Å². The van der Waals surface area contributed by atoms with Crippen LogP contribution < -0.4 is 10.6 Å². The quantitative estimate of drug-likeness (QED) is 0.691. The summed E-state index contributed by atoms with van der Waals surface area (Å²) in [5.41, 5.74) is 3.79. The number of nitriles is 1. The molecule has 0 aliphatic rings. The highest BCUT2D eigenvalue weighted by atomic mass is 35.5. The van der Waals surface area contributed by atoms with E-state index in [9.17, 15) is 4.79 Å².